The highest BCUT2D eigenvalue weighted by Crippen LogP contribution is 2.56. The van der Waals surface area contributed by atoms with Crippen LogP contribution in [0.1, 0.15) is 22.3 Å². The van der Waals surface area contributed by atoms with Crippen molar-refractivity contribution < 1.29 is 0 Å². The molecule has 0 radical (unpaired) electrons. The molecule has 0 aliphatic heterocycles. The third kappa shape index (κ3) is 4.30. The Morgan fingerprint density at radius 3 is 1.40 bits per heavy atom. The smallest absolute Gasteiger partial charge is 0.0713 e. The highest BCUT2D eigenvalue weighted by molar-refractivity contribution is 7.26. The minimum Gasteiger partial charge on any atom is -0.134 e. The average molecular weight is 653 g/mol. The topological polar surface area (TPSA) is 0 Å². The summed E-state index contributed by atoms with van der Waals surface area (Å²) in [6, 6.07) is 71.5. The van der Waals surface area contributed by atoms with E-state index in [2.05, 4.69) is 194 Å². The molecule has 0 spiro atoms. The van der Waals surface area contributed by atoms with E-state index in [0.717, 1.165) is 0 Å². The Balaban J connectivity index is 1.12. The normalized spacial score (nSPS) is 13.0. The van der Waals surface area contributed by atoms with Crippen LogP contribution in [0.4, 0.5) is 0 Å². The first-order chi connectivity index (χ1) is 24.8. The third-order valence-corrected chi connectivity index (χ3v) is 11.9. The molecular formula is C49H32S. The Hall–Kier alpha value is -6.02. The second kappa shape index (κ2) is 11.6. The van der Waals surface area contributed by atoms with Gasteiger partial charge in [0.25, 0.3) is 0 Å². The fourth-order valence-electron chi connectivity index (χ4n) is 8.38. The van der Waals surface area contributed by atoms with Crippen molar-refractivity contribution in [1.82, 2.24) is 0 Å². The van der Waals surface area contributed by atoms with Crippen molar-refractivity contribution in [2.45, 2.75) is 5.41 Å². The van der Waals surface area contributed by atoms with Crippen LogP contribution in [0.5, 0.6) is 0 Å². The summed E-state index contributed by atoms with van der Waals surface area (Å²) in [5.41, 5.74) is 15.0. The van der Waals surface area contributed by atoms with E-state index in [1.165, 1.54) is 86.9 Å². The maximum Gasteiger partial charge on any atom is 0.0713 e. The third-order valence-electron chi connectivity index (χ3n) is 10.6. The summed E-state index contributed by atoms with van der Waals surface area (Å²) in [6.07, 6.45) is 0. The molecule has 0 amide bonds. The number of hydrogen-bond donors (Lipinski definition) is 0. The van der Waals surface area contributed by atoms with Gasteiger partial charge in [0.15, 0.2) is 0 Å². The molecule has 0 saturated heterocycles. The number of hydrogen-bond acceptors (Lipinski definition) is 1. The van der Waals surface area contributed by atoms with E-state index in [0.29, 0.717) is 0 Å². The first kappa shape index (κ1) is 28.9. The SMILES string of the molecule is c1ccc(-c2cccc(-c3cccc4c3sc3c(-c5ccc(C6(c7ccccc7)c7ccccc7-c7ccccc76)cc5)cccc34)c2)cc1. The Morgan fingerprint density at radius 1 is 0.300 bits per heavy atom. The van der Waals surface area contributed by atoms with Crippen LogP contribution in [0, 0.1) is 0 Å². The molecule has 1 aromatic heterocycles. The van der Waals surface area contributed by atoms with Gasteiger partial charge in [0, 0.05) is 20.2 Å². The van der Waals surface area contributed by atoms with Crippen molar-refractivity contribution >= 4 is 31.5 Å². The van der Waals surface area contributed by atoms with Gasteiger partial charge in [0.2, 0.25) is 0 Å². The summed E-state index contributed by atoms with van der Waals surface area (Å²) in [7, 11) is 0. The van der Waals surface area contributed by atoms with E-state index in [9.17, 15) is 0 Å². The molecule has 0 fully saturated rings. The summed E-state index contributed by atoms with van der Waals surface area (Å²) in [4.78, 5) is 0. The molecule has 1 heteroatoms. The zero-order valence-corrected chi connectivity index (χ0v) is 28.2. The van der Waals surface area contributed by atoms with Gasteiger partial charge in [0.1, 0.15) is 0 Å². The number of thiophene rings is 1. The molecule has 234 valence electrons. The monoisotopic (exact) mass is 652 g/mol. The van der Waals surface area contributed by atoms with Gasteiger partial charge in [-0.25, -0.2) is 0 Å². The lowest BCUT2D eigenvalue weighted by Gasteiger charge is -2.34. The highest BCUT2D eigenvalue weighted by atomic mass is 32.1. The van der Waals surface area contributed by atoms with Crippen molar-refractivity contribution in [3.05, 3.63) is 216 Å². The molecule has 10 rings (SSSR count). The Bertz CT molecular complexity index is 2640. The van der Waals surface area contributed by atoms with Gasteiger partial charge < -0.3 is 0 Å². The van der Waals surface area contributed by atoms with Crippen LogP contribution in [-0.4, -0.2) is 0 Å². The van der Waals surface area contributed by atoms with E-state index in [4.69, 9.17) is 0 Å². The van der Waals surface area contributed by atoms with Gasteiger partial charge in [-0.1, -0.05) is 188 Å². The molecule has 1 heterocycles. The first-order valence-corrected chi connectivity index (χ1v) is 18.1. The number of benzene rings is 8. The molecular weight excluding hydrogens is 621 g/mol. The van der Waals surface area contributed by atoms with Crippen molar-refractivity contribution in [3.63, 3.8) is 0 Å². The molecule has 9 aromatic rings. The van der Waals surface area contributed by atoms with Gasteiger partial charge in [-0.3, -0.25) is 0 Å². The second-order valence-electron chi connectivity index (χ2n) is 13.2. The Morgan fingerprint density at radius 2 is 0.760 bits per heavy atom. The molecule has 0 atom stereocenters. The molecule has 1 aliphatic rings. The molecule has 1 aliphatic carbocycles. The Labute approximate surface area is 296 Å². The van der Waals surface area contributed by atoms with Gasteiger partial charge in [0.05, 0.1) is 5.41 Å². The largest absolute Gasteiger partial charge is 0.134 e. The lowest BCUT2D eigenvalue weighted by molar-refractivity contribution is 0.768. The maximum atomic E-state index is 2.37. The summed E-state index contributed by atoms with van der Waals surface area (Å²) >= 11 is 1.91. The molecule has 50 heavy (non-hydrogen) atoms. The molecule has 0 saturated carbocycles. The number of fused-ring (bicyclic) bond motifs is 6. The van der Waals surface area contributed by atoms with Gasteiger partial charge >= 0.3 is 0 Å². The lowest BCUT2D eigenvalue weighted by atomic mass is 9.67. The van der Waals surface area contributed by atoms with Crippen LogP contribution in [0.15, 0.2) is 194 Å². The van der Waals surface area contributed by atoms with Gasteiger partial charge in [-0.05, 0) is 72.8 Å². The van der Waals surface area contributed by atoms with Crippen molar-refractivity contribution in [2.75, 3.05) is 0 Å². The van der Waals surface area contributed by atoms with E-state index in [1.54, 1.807) is 0 Å². The molecule has 0 unspecified atom stereocenters. The molecule has 0 N–H and O–H groups in total. The number of rotatable bonds is 5. The van der Waals surface area contributed by atoms with Crippen LogP contribution in [0.3, 0.4) is 0 Å². The van der Waals surface area contributed by atoms with Crippen LogP contribution in [0.2, 0.25) is 0 Å². The second-order valence-corrected chi connectivity index (χ2v) is 14.2. The van der Waals surface area contributed by atoms with Crippen LogP contribution >= 0.6 is 11.3 Å². The summed E-state index contributed by atoms with van der Waals surface area (Å²) in [5.74, 6) is 0. The average Bonchev–Trinajstić information content (AvgIpc) is 3.73. The zero-order valence-electron chi connectivity index (χ0n) is 27.4. The highest BCUT2D eigenvalue weighted by Gasteiger charge is 2.45. The molecule has 8 aromatic carbocycles. The fourth-order valence-corrected chi connectivity index (χ4v) is 9.76. The predicted octanol–water partition coefficient (Wildman–Crippen LogP) is 13.4. The van der Waals surface area contributed by atoms with Crippen LogP contribution in [-0.2, 0) is 5.41 Å². The van der Waals surface area contributed by atoms with Crippen molar-refractivity contribution in [1.29, 1.82) is 0 Å². The minimum atomic E-state index is -0.389. The maximum absolute atomic E-state index is 2.37. The lowest BCUT2D eigenvalue weighted by Crippen LogP contribution is -2.28. The summed E-state index contributed by atoms with van der Waals surface area (Å²) in [6.45, 7) is 0. The van der Waals surface area contributed by atoms with E-state index < -0.39 is 0 Å². The Kier molecular flexibility index (Phi) is 6.69. The quantitative estimate of drug-likeness (QED) is 0.174. The first-order valence-electron chi connectivity index (χ1n) is 17.3. The minimum absolute atomic E-state index is 0.389. The van der Waals surface area contributed by atoms with Crippen LogP contribution < -0.4 is 0 Å². The van der Waals surface area contributed by atoms with Crippen molar-refractivity contribution in [2.24, 2.45) is 0 Å². The van der Waals surface area contributed by atoms with Gasteiger partial charge in [-0.2, -0.15) is 0 Å². The van der Waals surface area contributed by atoms with E-state index in [1.807, 2.05) is 11.3 Å². The van der Waals surface area contributed by atoms with Crippen LogP contribution in [0.25, 0.3) is 64.7 Å². The zero-order chi connectivity index (χ0) is 33.1. The van der Waals surface area contributed by atoms with Gasteiger partial charge in [-0.15, -0.1) is 11.3 Å². The molecule has 0 nitrogen and oxygen atoms in total. The fraction of sp³-hybridized carbons (Fsp3) is 0.0204. The van der Waals surface area contributed by atoms with E-state index in [-0.39, 0.29) is 5.41 Å². The van der Waals surface area contributed by atoms with Crippen molar-refractivity contribution in [3.8, 4) is 44.5 Å². The summed E-state index contributed by atoms with van der Waals surface area (Å²) in [5, 5.41) is 2.63. The predicted molar refractivity (Wildman–Crippen MR) is 213 cm³/mol. The standard InChI is InChI=1S/C49H32S/c1-3-14-33(15-4-1)35-16-11-17-36(32-35)40-23-13-25-44-43-24-12-22-39(47(43)50-48(40)44)34-28-30-38(31-29-34)49(37-18-5-2-6-19-37)45-26-9-7-20-41(45)42-21-8-10-27-46(42)49/h1-32H. The van der Waals surface area contributed by atoms with E-state index >= 15 is 0 Å². The summed E-state index contributed by atoms with van der Waals surface area (Å²) < 4.78 is 2.66. The molecule has 0 bridgehead atoms.